The van der Waals surface area contributed by atoms with Gasteiger partial charge >= 0.3 is 0 Å². The fourth-order valence-electron chi connectivity index (χ4n) is 5.30. The summed E-state index contributed by atoms with van der Waals surface area (Å²) in [5, 5.41) is 7.93. The number of ether oxygens (including phenoxy) is 1. The van der Waals surface area contributed by atoms with Crippen molar-refractivity contribution in [1.29, 1.82) is 0 Å². The largest absolute Gasteiger partial charge is 0.466 e. The van der Waals surface area contributed by atoms with Crippen molar-refractivity contribution in [2.24, 2.45) is 5.10 Å². The third kappa shape index (κ3) is 3.79. The molecule has 1 saturated heterocycles. The van der Waals surface area contributed by atoms with E-state index in [2.05, 4.69) is 40.2 Å². The first-order chi connectivity index (χ1) is 16.1. The minimum atomic E-state index is -0.486. The minimum Gasteiger partial charge on any atom is -0.466 e. The third-order valence-electron chi connectivity index (χ3n) is 7.02. The number of nitrogens with zero attached hydrogens (tertiary/aromatic N) is 3. The molecule has 168 valence electrons. The Labute approximate surface area is 198 Å². The molecule has 0 N–H and O–H groups in total. The van der Waals surface area contributed by atoms with Gasteiger partial charge in [0.1, 0.15) is 11.6 Å². The van der Waals surface area contributed by atoms with Crippen LogP contribution in [0.1, 0.15) is 42.0 Å². The van der Waals surface area contributed by atoms with Gasteiger partial charge in [-0.05, 0) is 41.5 Å². The number of likely N-dealkylation sites (tertiary alicyclic amines) is 1. The van der Waals surface area contributed by atoms with Gasteiger partial charge in [0.15, 0.2) is 0 Å². The zero-order valence-electron chi connectivity index (χ0n) is 18.3. The average Bonchev–Trinajstić information content (AvgIpc) is 3.29. The molecule has 4 nitrogen and oxygen atoms in total. The number of piperidine rings is 1. The van der Waals surface area contributed by atoms with Crippen molar-refractivity contribution in [3.63, 3.8) is 0 Å². The molecule has 1 fully saturated rings. The molecule has 0 aromatic heterocycles. The Kier molecular flexibility index (Phi) is 5.11. The zero-order valence-corrected chi connectivity index (χ0v) is 19.0. The molecule has 3 aromatic carbocycles. The van der Waals surface area contributed by atoms with E-state index in [1.807, 2.05) is 30.3 Å². The van der Waals surface area contributed by atoms with Crippen LogP contribution in [0.3, 0.4) is 0 Å². The molecular formula is C27H25ClFN3O. The number of rotatable bonds is 3. The highest BCUT2D eigenvalue weighted by atomic mass is 35.5. The topological polar surface area (TPSA) is 28.1 Å². The van der Waals surface area contributed by atoms with Crippen LogP contribution in [0.2, 0.25) is 5.02 Å². The molecule has 33 heavy (non-hydrogen) atoms. The fourth-order valence-corrected chi connectivity index (χ4v) is 5.48. The molecular weight excluding hydrogens is 437 g/mol. The molecule has 0 unspecified atom stereocenters. The summed E-state index contributed by atoms with van der Waals surface area (Å²) in [4.78, 5) is 2.48. The number of hydrogen-bond donors (Lipinski definition) is 0. The highest BCUT2D eigenvalue weighted by Gasteiger charge is 2.51. The van der Waals surface area contributed by atoms with Gasteiger partial charge in [-0.3, -0.25) is 4.90 Å². The monoisotopic (exact) mass is 461 g/mol. The van der Waals surface area contributed by atoms with Gasteiger partial charge in [-0.15, -0.1) is 0 Å². The Bertz CT molecular complexity index is 1190. The second-order valence-electron chi connectivity index (χ2n) is 9.11. The van der Waals surface area contributed by atoms with E-state index in [0.717, 1.165) is 61.5 Å². The molecule has 0 bridgehead atoms. The van der Waals surface area contributed by atoms with E-state index < -0.39 is 5.72 Å². The molecule has 3 aliphatic heterocycles. The fraction of sp³-hybridized carbons (Fsp3) is 0.296. The first-order valence-corrected chi connectivity index (χ1v) is 11.8. The van der Waals surface area contributed by atoms with E-state index in [1.54, 1.807) is 0 Å². The Morgan fingerprint density at radius 2 is 1.76 bits per heavy atom. The molecule has 6 heteroatoms. The van der Waals surface area contributed by atoms with Crippen LogP contribution in [0.5, 0.6) is 5.75 Å². The first kappa shape index (κ1) is 20.7. The summed E-state index contributed by atoms with van der Waals surface area (Å²) in [7, 11) is 0. The number of benzene rings is 3. The molecule has 3 aliphatic rings. The van der Waals surface area contributed by atoms with Crippen molar-refractivity contribution in [3.05, 3.63) is 100 Å². The number of fused-ring (bicyclic) bond motifs is 4. The van der Waals surface area contributed by atoms with Crippen molar-refractivity contribution in [2.45, 2.75) is 37.6 Å². The molecule has 3 heterocycles. The maximum Gasteiger partial charge on any atom is 0.200 e. The molecule has 0 amide bonds. The molecule has 1 atom stereocenters. The lowest BCUT2D eigenvalue weighted by Gasteiger charge is -2.51. The Hall–Kier alpha value is -2.89. The normalized spacial score (nSPS) is 21.3. The lowest BCUT2D eigenvalue weighted by molar-refractivity contribution is -0.150. The zero-order chi connectivity index (χ0) is 22.4. The van der Waals surface area contributed by atoms with Crippen molar-refractivity contribution in [3.8, 4) is 5.75 Å². The van der Waals surface area contributed by atoms with Crippen LogP contribution < -0.4 is 4.74 Å². The van der Waals surface area contributed by atoms with Crippen LogP contribution in [0.15, 0.2) is 77.9 Å². The number of hydrazone groups is 1. The van der Waals surface area contributed by atoms with E-state index in [4.69, 9.17) is 21.4 Å². The maximum absolute atomic E-state index is 13.5. The van der Waals surface area contributed by atoms with Gasteiger partial charge in [0.2, 0.25) is 5.72 Å². The summed E-state index contributed by atoms with van der Waals surface area (Å²) in [5.41, 5.74) is 3.82. The summed E-state index contributed by atoms with van der Waals surface area (Å²) in [6.07, 6.45) is 2.47. The summed E-state index contributed by atoms with van der Waals surface area (Å²) in [5.74, 6) is 0.658. The van der Waals surface area contributed by atoms with Crippen LogP contribution in [0, 0.1) is 5.82 Å². The van der Waals surface area contributed by atoms with Crippen molar-refractivity contribution >= 4 is 17.3 Å². The standard InChI is InChI=1S/C27H25ClFN3O/c28-21-8-11-26-23(16-21)25-17-24(20-6-9-22(29)10-7-20)30-32(25)27(33-26)12-14-31(15-13-27)18-19-4-2-1-3-5-19/h1-11,16,25H,12-15,17-18H2/t25-/m1/s1. The van der Waals surface area contributed by atoms with Gasteiger partial charge < -0.3 is 4.74 Å². The van der Waals surface area contributed by atoms with Crippen molar-refractivity contribution < 1.29 is 9.13 Å². The van der Waals surface area contributed by atoms with Crippen LogP contribution in [0.4, 0.5) is 4.39 Å². The molecule has 0 aliphatic carbocycles. The predicted octanol–water partition coefficient (Wildman–Crippen LogP) is 6.01. The van der Waals surface area contributed by atoms with E-state index in [0.29, 0.717) is 5.02 Å². The van der Waals surface area contributed by atoms with Crippen molar-refractivity contribution in [2.75, 3.05) is 13.1 Å². The molecule has 0 radical (unpaired) electrons. The summed E-state index contributed by atoms with van der Waals surface area (Å²) in [6.45, 7) is 2.81. The first-order valence-electron chi connectivity index (χ1n) is 11.5. The van der Waals surface area contributed by atoms with Gasteiger partial charge in [-0.1, -0.05) is 54.1 Å². The lowest BCUT2D eigenvalue weighted by atomic mass is 9.90. The summed E-state index contributed by atoms with van der Waals surface area (Å²) < 4.78 is 20.2. The average molecular weight is 462 g/mol. The van der Waals surface area contributed by atoms with Crippen LogP contribution in [0.25, 0.3) is 0 Å². The van der Waals surface area contributed by atoms with Gasteiger partial charge in [-0.2, -0.15) is 5.10 Å². The van der Waals surface area contributed by atoms with E-state index in [1.165, 1.54) is 17.7 Å². The summed E-state index contributed by atoms with van der Waals surface area (Å²) >= 11 is 6.35. The van der Waals surface area contributed by atoms with Crippen LogP contribution in [-0.4, -0.2) is 34.4 Å². The Balaban J connectivity index is 1.31. The van der Waals surface area contributed by atoms with Crippen molar-refractivity contribution in [1.82, 2.24) is 9.91 Å². The summed E-state index contributed by atoms with van der Waals surface area (Å²) in [6, 6.07) is 23.1. The highest BCUT2D eigenvalue weighted by Crippen LogP contribution is 2.50. The Morgan fingerprint density at radius 1 is 1.00 bits per heavy atom. The second kappa shape index (κ2) is 8.15. The molecule has 6 rings (SSSR count). The second-order valence-corrected chi connectivity index (χ2v) is 9.55. The van der Waals surface area contributed by atoms with Gasteiger partial charge in [0.25, 0.3) is 0 Å². The van der Waals surface area contributed by atoms with E-state index >= 15 is 0 Å². The lowest BCUT2D eigenvalue weighted by Crippen LogP contribution is -2.59. The SMILES string of the molecule is Fc1ccc(C2=NN3[C@H](C2)c2cc(Cl)ccc2OC32CCN(Cc3ccccc3)CC2)cc1. The van der Waals surface area contributed by atoms with E-state index in [9.17, 15) is 4.39 Å². The predicted molar refractivity (Wildman–Crippen MR) is 128 cm³/mol. The highest BCUT2D eigenvalue weighted by molar-refractivity contribution is 6.30. The molecule has 1 spiro atoms. The number of hydrogen-bond acceptors (Lipinski definition) is 4. The minimum absolute atomic E-state index is 0.0631. The van der Waals surface area contributed by atoms with Gasteiger partial charge in [-0.25, -0.2) is 9.40 Å². The number of halogens is 2. The van der Waals surface area contributed by atoms with Gasteiger partial charge in [0, 0.05) is 49.5 Å². The molecule has 3 aromatic rings. The van der Waals surface area contributed by atoms with Crippen LogP contribution >= 0.6 is 11.6 Å². The van der Waals surface area contributed by atoms with Gasteiger partial charge in [0.05, 0.1) is 11.8 Å². The smallest absolute Gasteiger partial charge is 0.200 e. The molecule has 0 saturated carbocycles. The maximum atomic E-state index is 13.5. The Morgan fingerprint density at radius 3 is 2.52 bits per heavy atom. The quantitative estimate of drug-likeness (QED) is 0.477. The van der Waals surface area contributed by atoms with Crippen LogP contribution in [-0.2, 0) is 6.54 Å². The third-order valence-corrected chi connectivity index (χ3v) is 7.26. The van der Waals surface area contributed by atoms with E-state index in [-0.39, 0.29) is 11.9 Å².